The van der Waals surface area contributed by atoms with Crippen LogP contribution in [0.25, 0.3) is 0 Å². The molecule has 0 aliphatic carbocycles. The summed E-state index contributed by atoms with van der Waals surface area (Å²) in [7, 11) is 3.62. The van der Waals surface area contributed by atoms with Gasteiger partial charge in [0.15, 0.2) is 0 Å². The summed E-state index contributed by atoms with van der Waals surface area (Å²) in [6.07, 6.45) is 1.03. The van der Waals surface area contributed by atoms with Crippen LogP contribution in [0.2, 0.25) is 0 Å². The van der Waals surface area contributed by atoms with Crippen molar-refractivity contribution < 1.29 is 9.53 Å². The predicted molar refractivity (Wildman–Crippen MR) is 81.5 cm³/mol. The Hall–Kier alpha value is -1.75. The molecule has 1 aromatic carbocycles. The average Bonchev–Trinajstić information content (AvgIpc) is 2.53. The number of para-hydroxylation sites is 1. The minimum atomic E-state index is 0.113. The van der Waals surface area contributed by atoms with Gasteiger partial charge in [-0.2, -0.15) is 0 Å². The number of fused-ring (bicyclic) bond motifs is 1. The Morgan fingerprint density at radius 3 is 2.62 bits per heavy atom. The van der Waals surface area contributed by atoms with E-state index in [2.05, 4.69) is 17.0 Å². The van der Waals surface area contributed by atoms with Crippen LogP contribution in [0.4, 0.5) is 4.79 Å². The fourth-order valence-corrected chi connectivity index (χ4v) is 3.21. The molecule has 5 nitrogen and oxygen atoms in total. The summed E-state index contributed by atoms with van der Waals surface area (Å²) >= 11 is 0. The van der Waals surface area contributed by atoms with Crippen LogP contribution in [0.1, 0.15) is 18.0 Å². The fourth-order valence-electron chi connectivity index (χ4n) is 3.21. The highest BCUT2D eigenvalue weighted by atomic mass is 16.5. The van der Waals surface area contributed by atoms with Gasteiger partial charge in [-0.1, -0.05) is 18.2 Å². The van der Waals surface area contributed by atoms with Crippen LogP contribution in [-0.2, 0) is 0 Å². The number of carbonyl (C=O) groups excluding carboxylic acids is 1. The van der Waals surface area contributed by atoms with E-state index in [1.54, 1.807) is 4.90 Å². The minimum absolute atomic E-state index is 0.113. The third-order valence-electron chi connectivity index (χ3n) is 4.33. The molecule has 0 aromatic heterocycles. The van der Waals surface area contributed by atoms with Gasteiger partial charge >= 0.3 is 6.03 Å². The van der Waals surface area contributed by atoms with Crippen molar-refractivity contribution in [3.05, 3.63) is 29.8 Å². The Balaban J connectivity index is 1.67. The zero-order valence-electron chi connectivity index (χ0n) is 12.8. The normalized spacial score (nSPS) is 22.4. The van der Waals surface area contributed by atoms with E-state index in [0.717, 1.165) is 45.0 Å². The smallest absolute Gasteiger partial charge is 0.319 e. The molecule has 0 saturated carbocycles. The maximum Gasteiger partial charge on any atom is 0.319 e. The van der Waals surface area contributed by atoms with Crippen LogP contribution >= 0.6 is 0 Å². The Bertz CT molecular complexity index is 510. The number of urea groups is 1. The molecule has 2 amide bonds. The van der Waals surface area contributed by atoms with Crippen molar-refractivity contribution in [1.82, 2.24) is 14.7 Å². The van der Waals surface area contributed by atoms with Crippen LogP contribution in [0.15, 0.2) is 24.3 Å². The first-order chi connectivity index (χ1) is 10.2. The second-order valence-electron chi connectivity index (χ2n) is 5.89. The van der Waals surface area contributed by atoms with Crippen molar-refractivity contribution in [2.45, 2.75) is 12.5 Å². The molecule has 0 radical (unpaired) electrons. The quantitative estimate of drug-likeness (QED) is 0.791. The molecule has 114 valence electrons. The van der Waals surface area contributed by atoms with Crippen LogP contribution in [0.3, 0.4) is 0 Å². The van der Waals surface area contributed by atoms with Crippen molar-refractivity contribution >= 4 is 6.03 Å². The number of piperazine rings is 1. The van der Waals surface area contributed by atoms with Gasteiger partial charge in [0.25, 0.3) is 0 Å². The van der Waals surface area contributed by atoms with E-state index in [1.165, 1.54) is 5.56 Å². The van der Waals surface area contributed by atoms with Crippen molar-refractivity contribution in [3.8, 4) is 5.75 Å². The van der Waals surface area contributed by atoms with Crippen molar-refractivity contribution in [3.63, 3.8) is 0 Å². The Kier molecular flexibility index (Phi) is 4.01. The molecule has 3 rings (SSSR count). The highest BCUT2D eigenvalue weighted by Gasteiger charge is 2.30. The number of benzene rings is 1. The van der Waals surface area contributed by atoms with E-state index in [1.807, 2.05) is 31.1 Å². The molecular weight excluding hydrogens is 266 g/mol. The monoisotopic (exact) mass is 289 g/mol. The predicted octanol–water partition coefficient (Wildman–Crippen LogP) is 1.81. The molecule has 2 aliphatic rings. The summed E-state index contributed by atoms with van der Waals surface area (Å²) in [6, 6.07) is 8.85. The first kappa shape index (κ1) is 14.2. The number of hydrogen-bond donors (Lipinski definition) is 0. The van der Waals surface area contributed by atoms with Crippen molar-refractivity contribution in [2.75, 3.05) is 46.9 Å². The molecule has 0 N–H and O–H groups in total. The molecule has 2 heterocycles. The third-order valence-corrected chi connectivity index (χ3v) is 4.33. The fraction of sp³-hybridized carbons (Fsp3) is 0.562. The first-order valence-electron chi connectivity index (χ1n) is 7.59. The number of ether oxygens (including phenoxy) is 1. The number of amides is 2. The molecule has 0 bridgehead atoms. The number of carbonyl (C=O) groups is 1. The van der Waals surface area contributed by atoms with Crippen LogP contribution in [0, 0.1) is 0 Å². The first-order valence-corrected chi connectivity index (χ1v) is 7.59. The summed E-state index contributed by atoms with van der Waals surface area (Å²) in [5.74, 6) is 1.01. The van der Waals surface area contributed by atoms with Crippen LogP contribution in [0.5, 0.6) is 5.75 Å². The summed E-state index contributed by atoms with van der Waals surface area (Å²) in [6.45, 7) is 4.24. The van der Waals surface area contributed by atoms with Gasteiger partial charge in [-0.15, -0.1) is 0 Å². The highest BCUT2D eigenvalue weighted by Crippen LogP contribution is 2.36. The van der Waals surface area contributed by atoms with Gasteiger partial charge < -0.3 is 14.5 Å². The van der Waals surface area contributed by atoms with E-state index < -0.39 is 0 Å². The SMILES string of the molecule is CN(C)C(=O)N1CCN(C2CCOc3ccccc32)CC1. The topological polar surface area (TPSA) is 36.0 Å². The molecule has 1 unspecified atom stereocenters. The summed E-state index contributed by atoms with van der Waals surface area (Å²) in [5, 5.41) is 0. The minimum Gasteiger partial charge on any atom is -0.493 e. The van der Waals surface area contributed by atoms with Crippen LogP contribution in [-0.4, -0.2) is 67.6 Å². The van der Waals surface area contributed by atoms with E-state index in [-0.39, 0.29) is 6.03 Å². The van der Waals surface area contributed by atoms with Gasteiger partial charge in [-0.3, -0.25) is 4.90 Å². The van der Waals surface area contributed by atoms with E-state index >= 15 is 0 Å². The molecule has 2 aliphatic heterocycles. The lowest BCUT2D eigenvalue weighted by Crippen LogP contribution is -2.52. The Morgan fingerprint density at radius 2 is 1.90 bits per heavy atom. The lowest BCUT2D eigenvalue weighted by Gasteiger charge is -2.41. The lowest BCUT2D eigenvalue weighted by molar-refractivity contribution is 0.0787. The van der Waals surface area contributed by atoms with Gasteiger partial charge in [0.2, 0.25) is 0 Å². The Morgan fingerprint density at radius 1 is 1.19 bits per heavy atom. The van der Waals surface area contributed by atoms with Gasteiger partial charge in [0, 0.05) is 58.3 Å². The molecule has 21 heavy (non-hydrogen) atoms. The van der Waals surface area contributed by atoms with Gasteiger partial charge in [-0.05, 0) is 6.07 Å². The standard InChI is InChI=1S/C16H23N3O2/c1-17(2)16(20)19-10-8-18(9-11-19)14-7-12-21-15-6-4-3-5-13(14)15/h3-6,14H,7-12H2,1-2H3. The average molecular weight is 289 g/mol. The van der Waals surface area contributed by atoms with Crippen molar-refractivity contribution in [1.29, 1.82) is 0 Å². The Labute approximate surface area is 126 Å². The van der Waals surface area contributed by atoms with E-state index in [0.29, 0.717) is 6.04 Å². The third kappa shape index (κ3) is 2.83. The lowest BCUT2D eigenvalue weighted by atomic mass is 9.98. The molecule has 0 spiro atoms. The van der Waals surface area contributed by atoms with Crippen molar-refractivity contribution in [2.24, 2.45) is 0 Å². The number of nitrogens with zero attached hydrogens (tertiary/aromatic N) is 3. The largest absolute Gasteiger partial charge is 0.493 e. The molecule has 1 fully saturated rings. The molecule has 1 aromatic rings. The second kappa shape index (κ2) is 5.93. The summed E-state index contributed by atoms with van der Waals surface area (Å²) < 4.78 is 5.74. The van der Waals surface area contributed by atoms with Gasteiger partial charge in [0.1, 0.15) is 5.75 Å². The van der Waals surface area contributed by atoms with Gasteiger partial charge in [0.05, 0.1) is 6.61 Å². The summed E-state index contributed by atoms with van der Waals surface area (Å²) in [4.78, 5) is 18.1. The molecule has 1 atom stereocenters. The second-order valence-corrected chi connectivity index (χ2v) is 5.89. The number of rotatable bonds is 1. The maximum atomic E-state index is 12.0. The summed E-state index contributed by atoms with van der Waals surface area (Å²) in [5.41, 5.74) is 1.29. The molecular formula is C16H23N3O2. The zero-order valence-corrected chi connectivity index (χ0v) is 12.8. The maximum absolute atomic E-state index is 12.0. The zero-order chi connectivity index (χ0) is 14.8. The van der Waals surface area contributed by atoms with E-state index in [4.69, 9.17) is 4.74 Å². The number of hydrogen-bond acceptors (Lipinski definition) is 3. The molecule has 5 heteroatoms. The molecule has 1 saturated heterocycles. The highest BCUT2D eigenvalue weighted by molar-refractivity contribution is 5.73. The van der Waals surface area contributed by atoms with E-state index in [9.17, 15) is 4.79 Å². The van der Waals surface area contributed by atoms with Crippen LogP contribution < -0.4 is 4.74 Å². The van der Waals surface area contributed by atoms with Gasteiger partial charge in [-0.25, -0.2) is 4.79 Å².